The second-order valence-electron chi connectivity index (χ2n) is 7.05. The minimum Gasteiger partial charge on any atom is -0.344 e. The van der Waals surface area contributed by atoms with Crippen LogP contribution in [-0.4, -0.2) is 22.4 Å². The fourth-order valence-electron chi connectivity index (χ4n) is 3.56. The van der Waals surface area contributed by atoms with Crippen LogP contribution in [0.4, 0.5) is 5.69 Å². The summed E-state index contributed by atoms with van der Waals surface area (Å²) in [5, 5.41) is 0.679. The molecule has 132 valence electrons. The number of halogens is 1. The summed E-state index contributed by atoms with van der Waals surface area (Å²) in [6.07, 6.45) is 1.89. The van der Waals surface area contributed by atoms with Crippen molar-refractivity contribution in [3.8, 4) is 22.6 Å². The third kappa shape index (κ3) is 2.53. The zero-order chi connectivity index (χ0) is 18.5. The predicted octanol–water partition coefficient (Wildman–Crippen LogP) is 5.04. The Morgan fingerprint density at radius 3 is 2.69 bits per heavy atom. The number of carbonyl (C=O) groups excluding carboxylic acids is 1. The number of aromatic nitrogens is 2. The van der Waals surface area contributed by atoms with Crippen LogP contribution in [0.2, 0.25) is 5.02 Å². The van der Waals surface area contributed by atoms with Crippen molar-refractivity contribution in [1.82, 2.24) is 9.97 Å². The molecule has 0 aliphatic carbocycles. The molecule has 3 aromatic rings. The molecule has 0 fully saturated rings. The number of amides is 1. The minimum atomic E-state index is -0.520. The van der Waals surface area contributed by atoms with Gasteiger partial charge in [-0.15, -0.1) is 0 Å². The number of hydrogen-bond acceptors (Lipinski definition) is 2. The second kappa shape index (κ2) is 5.99. The van der Waals surface area contributed by atoms with Gasteiger partial charge in [-0.05, 0) is 50.6 Å². The van der Waals surface area contributed by atoms with E-state index in [0.717, 1.165) is 33.9 Å². The van der Waals surface area contributed by atoms with Crippen molar-refractivity contribution >= 4 is 23.2 Å². The Balaban J connectivity index is 1.75. The molecule has 1 aliphatic heterocycles. The van der Waals surface area contributed by atoms with E-state index in [1.165, 1.54) is 0 Å². The fraction of sp³-hybridized carbons (Fsp3) is 0.238. The van der Waals surface area contributed by atoms with E-state index in [2.05, 4.69) is 11.1 Å². The van der Waals surface area contributed by atoms with Gasteiger partial charge in [-0.2, -0.15) is 0 Å². The van der Waals surface area contributed by atoms with Gasteiger partial charge in [0.25, 0.3) is 0 Å². The molecule has 0 radical (unpaired) electrons. The maximum absolute atomic E-state index is 12.7. The van der Waals surface area contributed by atoms with Crippen molar-refractivity contribution < 1.29 is 4.79 Å². The SMILES string of the molecule is CCN1C(=O)C(C)(C)c2cc(-c3c[nH]c(-c4cccc(Cl)c4)n3)ccc21. The first kappa shape index (κ1) is 16.9. The third-order valence-corrected chi connectivity index (χ3v) is 5.26. The molecular weight excluding hydrogens is 346 g/mol. The summed E-state index contributed by atoms with van der Waals surface area (Å²) < 4.78 is 0. The van der Waals surface area contributed by atoms with Gasteiger partial charge < -0.3 is 9.88 Å². The molecule has 4 rings (SSSR count). The first-order valence-corrected chi connectivity index (χ1v) is 9.08. The number of carbonyl (C=O) groups is 1. The number of likely N-dealkylation sites (N-methyl/N-ethyl adjacent to an activating group) is 1. The van der Waals surface area contributed by atoms with Crippen LogP contribution in [0, 0.1) is 0 Å². The Morgan fingerprint density at radius 1 is 1.15 bits per heavy atom. The van der Waals surface area contributed by atoms with Crippen molar-refractivity contribution in [3.05, 3.63) is 59.2 Å². The van der Waals surface area contributed by atoms with Gasteiger partial charge in [0.15, 0.2) is 0 Å². The van der Waals surface area contributed by atoms with E-state index >= 15 is 0 Å². The molecular formula is C21H20ClN3O. The zero-order valence-electron chi connectivity index (χ0n) is 15.0. The first-order valence-electron chi connectivity index (χ1n) is 8.70. The highest BCUT2D eigenvalue weighted by molar-refractivity contribution is 6.30. The van der Waals surface area contributed by atoms with Crippen LogP contribution in [0.1, 0.15) is 26.3 Å². The maximum Gasteiger partial charge on any atom is 0.237 e. The summed E-state index contributed by atoms with van der Waals surface area (Å²) in [7, 11) is 0. The molecule has 0 saturated carbocycles. The Bertz CT molecular complexity index is 1010. The zero-order valence-corrected chi connectivity index (χ0v) is 15.8. The van der Waals surface area contributed by atoms with E-state index in [-0.39, 0.29) is 5.91 Å². The molecule has 0 bridgehead atoms. The summed E-state index contributed by atoms with van der Waals surface area (Å²) in [5.41, 5.74) is 4.31. The Labute approximate surface area is 157 Å². The molecule has 2 heterocycles. The number of H-pyrrole nitrogens is 1. The van der Waals surface area contributed by atoms with Crippen LogP contribution >= 0.6 is 11.6 Å². The van der Waals surface area contributed by atoms with E-state index < -0.39 is 5.41 Å². The summed E-state index contributed by atoms with van der Waals surface area (Å²) >= 11 is 6.08. The number of benzene rings is 2. The molecule has 4 nitrogen and oxygen atoms in total. The number of nitrogens with zero attached hydrogens (tertiary/aromatic N) is 2. The van der Waals surface area contributed by atoms with Crippen LogP contribution in [-0.2, 0) is 10.2 Å². The Morgan fingerprint density at radius 2 is 1.96 bits per heavy atom. The van der Waals surface area contributed by atoms with Crippen molar-refractivity contribution in [1.29, 1.82) is 0 Å². The molecule has 26 heavy (non-hydrogen) atoms. The summed E-state index contributed by atoms with van der Waals surface area (Å²) in [4.78, 5) is 22.5. The van der Waals surface area contributed by atoms with Gasteiger partial charge in [0.1, 0.15) is 5.82 Å². The number of imidazole rings is 1. The molecule has 0 spiro atoms. The van der Waals surface area contributed by atoms with Crippen LogP contribution in [0.15, 0.2) is 48.7 Å². The van der Waals surface area contributed by atoms with Gasteiger partial charge >= 0.3 is 0 Å². The lowest BCUT2D eigenvalue weighted by molar-refractivity contribution is -0.122. The van der Waals surface area contributed by atoms with Crippen molar-refractivity contribution in [2.45, 2.75) is 26.2 Å². The normalized spacial score (nSPS) is 15.4. The number of aromatic amines is 1. The molecule has 1 amide bonds. The van der Waals surface area contributed by atoms with Gasteiger partial charge in [-0.3, -0.25) is 4.79 Å². The van der Waals surface area contributed by atoms with Crippen LogP contribution < -0.4 is 4.90 Å². The fourth-order valence-corrected chi connectivity index (χ4v) is 3.75. The van der Waals surface area contributed by atoms with E-state index in [0.29, 0.717) is 11.6 Å². The van der Waals surface area contributed by atoms with Crippen LogP contribution in [0.5, 0.6) is 0 Å². The lowest BCUT2D eigenvalue weighted by Gasteiger charge is -2.18. The monoisotopic (exact) mass is 365 g/mol. The highest BCUT2D eigenvalue weighted by atomic mass is 35.5. The van der Waals surface area contributed by atoms with Gasteiger partial charge in [0.2, 0.25) is 5.91 Å². The molecule has 1 N–H and O–H groups in total. The van der Waals surface area contributed by atoms with E-state index in [4.69, 9.17) is 16.6 Å². The summed E-state index contributed by atoms with van der Waals surface area (Å²) in [5.74, 6) is 0.919. The van der Waals surface area contributed by atoms with E-state index in [9.17, 15) is 4.79 Å². The molecule has 0 unspecified atom stereocenters. The van der Waals surface area contributed by atoms with Crippen molar-refractivity contribution in [2.24, 2.45) is 0 Å². The van der Waals surface area contributed by atoms with Crippen molar-refractivity contribution in [3.63, 3.8) is 0 Å². The molecule has 1 aliphatic rings. The standard InChI is InChI=1S/C21H20ClN3O/c1-4-25-18-9-8-13(11-16(18)21(2,3)20(25)26)17-12-23-19(24-17)14-6-5-7-15(22)10-14/h5-12H,4H2,1-3H3,(H,23,24). The van der Waals surface area contributed by atoms with Gasteiger partial charge in [-0.25, -0.2) is 4.98 Å². The largest absolute Gasteiger partial charge is 0.344 e. The third-order valence-electron chi connectivity index (χ3n) is 5.03. The Hall–Kier alpha value is -2.59. The van der Waals surface area contributed by atoms with E-state index in [1.54, 1.807) is 0 Å². The summed E-state index contributed by atoms with van der Waals surface area (Å²) in [6.45, 7) is 6.64. The van der Waals surface area contributed by atoms with Crippen LogP contribution in [0.25, 0.3) is 22.6 Å². The average Bonchev–Trinajstić information content (AvgIpc) is 3.18. The molecule has 5 heteroatoms. The second-order valence-corrected chi connectivity index (χ2v) is 7.49. The number of nitrogens with one attached hydrogen (secondary N) is 1. The number of rotatable bonds is 3. The highest BCUT2D eigenvalue weighted by Crippen LogP contribution is 2.43. The predicted molar refractivity (Wildman–Crippen MR) is 106 cm³/mol. The molecule has 0 atom stereocenters. The minimum absolute atomic E-state index is 0.147. The molecule has 1 aromatic heterocycles. The number of anilines is 1. The smallest absolute Gasteiger partial charge is 0.237 e. The molecule has 0 saturated heterocycles. The first-order chi connectivity index (χ1) is 12.4. The lowest BCUT2D eigenvalue weighted by atomic mass is 9.85. The lowest BCUT2D eigenvalue weighted by Crippen LogP contribution is -2.35. The topological polar surface area (TPSA) is 49.0 Å². The van der Waals surface area contributed by atoms with Gasteiger partial charge in [-0.1, -0.05) is 29.8 Å². The highest BCUT2D eigenvalue weighted by Gasteiger charge is 2.43. The van der Waals surface area contributed by atoms with Gasteiger partial charge in [0.05, 0.1) is 11.1 Å². The Kier molecular flexibility index (Phi) is 3.88. The van der Waals surface area contributed by atoms with Gasteiger partial charge in [0, 0.05) is 34.6 Å². The van der Waals surface area contributed by atoms with Crippen molar-refractivity contribution in [2.75, 3.05) is 11.4 Å². The van der Waals surface area contributed by atoms with Crippen LogP contribution in [0.3, 0.4) is 0 Å². The average molecular weight is 366 g/mol. The number of fused-ring (bicyclic) bond motifs is 1. The maximum atomic E-state index is 12.7. The summed E-state index contributed by atoms with van der Waals surface area (Å²) in [6, 6.07) is 13.7. The molecule has 2 aromatic carbocycles. The number of hydrogen-bond donors (Lipinski definition) is 1. The van der Waals surface area contributed by atoms with E-state index in [1.807, 2.05) is 68.3 Å². The quantitative estimate of drug-likeness (QED) is 0.706.